The maximum atomic E-state index is 3.98. The molecule has 1 saturated heterocycles. The predicted molar refractivity (Wildman–Crippen MR) is 49.1 cm³/mol. The average molecular weight is 242 g/mol. The van der Waals surface area contributed by atoms with Gasteiger partial charge in [-0.05, 0) is 13.8 Å². The summed E-state index contributed by atoms with van der Waals surface area (Å²) in [4.78, 5) is 2.48. The summed E-state index contributed by atoms with van der Waals surface area (Å²) in [5.41, 5.74) is 0.463. The minimum Gasteiger partial charge on any atom is -0.343 e. The van der Waals surface area contributed by atoms with Gasteiger partial charge in [-0.1, -0.05) is 5.41 Å². The maximum absolute atomic E-state index is 3.98. The van der Waals surface area contributed by atoms with Crippen molar-refractivity contribution in [3.8, 4) is 0 Å². The molecule has 1 radical (unpaired) electrons. The number of hydrogen-bond donors (Lipinski definition) is 0. The molecule has 1 fully saturated rings. The Hall–Kier alpha value is 1.06. The van der Waals surface area contributed by atoms with Gasteiger partial charge < -0.3 is 18.7 Å². The molecule has 1 heterocycles. The molecule has 0 aromatic rings. The van der Waals surface area contributed by atoms with Crippen molar-refractivity contribution in [1.29, 1.82) is 0 Å². The molecule has 0 aromatic carbocycles. The molecular weight excluding hydrogens is 223 g/mol. The molecule has 1 aliphatic rings. The summed E-state index contributed by atoms with van der Waals surface area (Å²) in [5, 5.41) is 0. The Labute approximate surface area is 102 Å². The zero-order valence-electron chi connectivity index (χ0n) is 8.34. The van der Waals surface area contributed by atoms with Crippen LogP contribution in [0, 0.1) is 19.3 Å². The third-order valence-corrected chi connectivity index (χ3v) is 2.87. The first-order valence-corrected chi connectivity index (χ1v) is 4.46. The first-order chi connectivity index (χ1) is 5.13. The molecule has 0 bridgehead atoms. The molecule has 0 atom stereocenters. The van der Waals surface area contributed by atoms with Gasteiger partial charge in [0.05, 0.1) is 0 Å². The van der Waals surface area contributed by atoms with Crippen LogP contribution in [0.3, 0.4) is 0 Å². The van der Waals surface area contributed by atoms with Crippen LogP contribution in [0.25, 0.3) is 0 Å². The van der Waals surface area contributed by atoms with Gasteiger partial charge in [0, 0.05) is 51.8 Å². The van der Waals surface area contributed by atoms with E-state index in [-0.39, 0.29) is 32.7 Å². The molecule has 1 aliphatic heterocycles. The van der Waals surface area contributed by atoms with Crippen molar-refractivity contribution >= 4 is 0 Å². The second-order valence-electron chi connectivity index (χ2n) is 4.00. The molecule has 2 heteroatoms. The second kappa shape index (κ2) is 5.07. The van der Waals surface area contributed by atoms with E-state index in [0.29, 0.717) is 11.5 Å². The molecule has 0 spiro atoms. The fourth-order valence-corrected chi connectivity index (χ4v) is 1.62. The van der Waals surface area contributed by atoms with Crippen molar-refractivity contribution in [2.45, 2.75) is 32.7 Å². The molecule has 12 heavy (non-hydrogen) atoms. The minimum atomic E-state index is 0. The number of nitrogens with zero attached hydrogens (tertiary/aromatic N) is 1. The largest absolute Gasteiger partial charge is 0.343 e. The van der Waals surface area contributed by atoms with Crippen LogP contribution in [0.15, 0.2) is 0 Å². The van der Waals surface area contributed by atoms with Gasteiger partial charge in [0.2, 0.25) is 0 Å². The maximum Gasteiger partial charge on any atom is 0.00390 e. The van der Waals surface area contributed by atoms with E-state index >= 15 is 0 Å². The van der Waals surface area contributed by atoms with E-state index in [0.717, 1.165) is 12.8 Å². The molecule has 0 saturated carbocycles. The number of rotatable bonds is 3. The van der Waals surface area contributed by atoms with Gasteiger partial charge in [-0.15, -0.1) is 0 Å². The van der Waals surface area contributed by atoms with Crippen molar-refractivity contribution in [3.63, 3.8) is 0 Å². The molecule has 1 rings (SSSR count). The summed E-state index contributed by atoms with van der Waals surface area (Å²) in [5.74, 6) is 0. The Bertz CT molecular complexity index is 122. The quantitative estimate of drug-likeness (QED) is 0.685. The summed E-state index contributed by atoms with van der Waals surface area (Å²) in [7, 11) is 0. The molecule has 69 valence electrons. The fourth-order valence-electron chi connectivity index (χ4n) is 1.62. The van der Waals surface area contributed by atoms with E-state index in [1.54, 1.807) is 0 Å². The molecule has 0 aliphatic carbocycles. The third kappa shape index (κ3) is 2.53. The van der Waals surface area contributed by atoms with Crippen LogP contribution in [-0.4, -0.2) is 24.0 Å². The summed E-state index contributed by atoms with van der Waals surface area (Å²) < 4.78 is 0. The Balaban J connectivity index is 0.00000121. The van der Waals surface area contributed by atoms with Gasteiger partial charge in [-0.2, -0.15) is 12.8 Å². The van der Waals surface area contributed by atoms with Gasteiger partial charge in [-0.3, -0.25) is 0 Å². The fraction of sp³-hybridized carbons (Fsp3) is 0.800. The zero-order chi connectivity index (χ0) is 8.48. The van der Waals surface area contributed by atoms with Crippen LogP contribution < -0.4 is 0 Å². The van der Waals surface area contributed by atoms with Crippen LogP contribution in [0.4, 0.5) is 0 Å². The molecular formula is C10H19NY-2. The molecule has 0 unspecified atom stereocenters. The Morgan fingerprint density at radius 3 is 1.92 bits per heavy atom. The normalized spacial score (nSPS) is 21.8. The number of hydrogen-bond acceptors (Lipinski definition) is 1. The summed E-state index contributed by atoms with van der Waals surface area (Å²) in [6, 6.07) is 0.696. The first-order valence-electron chi connectivity index (χ1n) is 4.46. The van der Waals surface area contributed by atoms with Crippen LogP contribution >= 0.6 is 0 Å². The standard InChI is InChI=1S/C10H19N.Y/c1-5-10(6-2)7-11(8-10)9(3)4;/h9H,1-2,5-8H2,3-4H3;/q-2;. The van der Waals surface area contributed by atoms with E-state index in [9.17, 15) is 0 Å². The van der Waals surface area contributed by atoms with E-state index in [1.165, 1.54) is 13.1 Å². The molecule has 0 amide bonds. The Morgan fingerprint density at radius 2 is 1.67 bits per heavy atom. The van der Waals surface area contributed by atoms with Crippen LogP contribution in [0.5, 0.6) is 0 Å². The SMILES string of the molecule is [CH2-]CC1(C[CH2-])CN(C(C)C)C1.[Y]. The first kappa shape index (κ1) is 13.1. The van der Waals surface area contributed by atoms with E-state index in [4.69, 9.17) is 0 Å². The molecule has 0 aromatic heterocycles. The van der Waals surface area contributed by atoms with Crippen LogP contribution in [-0.2, 0) is 32.7 Å². The third-order valence-electron chi connectivity index (χ3n) is 2.87. The summed E-state index contributed by atoms with van der Waals surface area (Å²) in [6.45, 7) is 14.9. The van der Waals surface area contributed by atoms with Crippen LogP contribution in [0.2, 0.25) is 0 Å². The van der Waals surface area contributed by atoms with Crippen LogP contribution in [0.1, 0.15) is 26.7 Å². The van der Waals surface area contributed by atoms with Crippen molar-refractivity contribution in [1.82, 2.24) is 4.90 Å². The van der Waals surface area contributed by atoms with Gasteiger partial charge in [0.25, 0.3) is 0 Å². The zero-order valence-corrected chi connectivity index (χ0v) is 11.2. The predicted octanol–water partition coefficient (Wildman–Crippen LogP) is 2.14. The van der Waals surface area contributed by atoms with Crippen molar-refractivity contribution in [2.75, 3.05) is 13.1 Å². The smallest absolute Gasteiger partial charge is 0.00390 e. The number of likely N-dealkylation sites (tertiary alicyclic amines) is 1. The average Bonchev–Trinajstić information content (AvgIpc) is 1.87. The second-order valence-corrected chi connectivity index (χ2v) is 4.00. The monoisotopic (exact) mass is 242 g/mol. The molecule has 0 N–H and O–H groups in total. The van der Waals surface area contributed by atoms with Crippen molar-refractivity contribution in [3.05, 3.63) is 13.8 Å². The summed E-state index contributed by atoms with van der Waals surface area (Å²) in [6.07, 6.45) is 2.08. The van der Waals surface area contributed by atoms with Gasteiger partial charge in [0.15, 0.2) is 0 Å². The Morgan fingerprint density at radius 1 is 1.25 bits per heavy atom. The van der Waals surface area contributed by atoms with Gasteiger partial charge >= 0.3 is 0 Å². The van der Waals surface area contributed by atoms with E-state index in [2.05, 4.69) is 32.6 Å². The molecule has 1 nitrogen and oxygen atoms in total. The van der Waals surface area contributed by atoms with Crippen molar-refractivity contribution < 1.29 is 32.7 Å². The minimum absolute atomic E-state index is 0. The Kier molecular flexibility index (Phi) is 5.52. The van der Waals surface area contributed by atoms with Gasteiger partial charge in [0.1, 0.15) is 0 Å². The van der Waals surface area contributed by atoms with E-state index in [1.807, 2.05) is 0 Å². The van der Waals surface area contributed by atoms with Gasteiger partial charge in [-0.25, -0.2) is 0 Å². The van der Waals surface area contributed by atoms with E-state index < -0.39 is 0 Å². The topological polar surface area (TPSA) is 3.24 Å². The summed E-state index contributed by atoms with van der Waals surface area (Å²) >= 11 is 0. The van der Waals surface area contributed by atoms with Crippen molar-refractivity contribution in [2.24, 2.45) is 5.41 Å².